The molecule has 110 valence electrons. The van der Waals surface area contributed by atoms with E-state index in [0.29, 0.717) is 0 Å². The van der Waals surface area contributed by atoms with Gasteiger partial charge in [-0.1, -0.05) is 12.1 Å². The van der Waals surface area contributed by atoms with Crippen LogP contribution in [0.2, 0.25) is 0 Å². The summed E-state index contributed by atoms with van der Waals surface area (Å²) in [6.45, 7) is 2.87. The second-order valence-corrected chi connectivity index (χ2v) is 4.73. The van der Waals surface area contributed by atoms with Crippen molar-refractivity contribution in [2.75, 3.05) is 5.32 Å². The first-order valence-corrected chi connectivity index (χ1v) is 6.06. The standard InChI is InChI=1S/C14H13NO6/c1-14(2)20-12(18)9(13(19)21-14)7-15-10-6-4-3-5-8(10)11(16)17/h3-7,15H,1-2H3,(H,16,17). The molecule has 1 saturated heterocycles. The van der Waals surface area contributed by atoms with Crippen LogP contribution in [-0.4, -0.2) is 28.8 Å². The van der Waals surface area contributed by atoms with Crippen molar-refractivity contribution >= 4 is 23.6 Å². The fourth-order valence-corrected chi connectivity index (χ4v) is 1.72. The zero-order valence-electron chi connectivity index (χ0n) is 11.4. The molecule has 0 aromatic heterocycles. The third-order valence-electron chi connectivity index (χ3n) is 2.65. The predicted molar refractivity (Wildman–Crippen MR) is 71.4 cm³/mol. The highest BCUT2D eigenvalue weighted by atomic mass is 16.7. The summed E-state index contributed by atoms with van der Waals surface area (Å²) in [6, 6.07) is 6.08. The Morgan fingerprint density at radius 3 is 2.33 bits per heavy atom. The molecule has 1 heterocycles. The SMILES string of the molecule is CC1(C)OC(=O)C(=CNc2ccccc2C(=O)O)C(=O)O1. The molecule has 0 spiro atoms. The van der Waals surface area contributed by atoms with E-state index in [-0.39, 0.29) is 16.8 Å². The Hall–Kier alpha value is -2.83. The molecule has 2 N–H and O–H groups in total. The highest BCUT2D eigenvalue weighted by Gasteiger charge is 2.38. The summed E-state index contributed by atoms with van der Waals surface area (Å²) in [6.07, 6.45) is 1.07. The van der Waals surface area contributed by atoms with Crippen molar-refractivity contribution in [3.05, 3.63) is 41.6 Å². The van der Waals surface area contributed by atoms with Gasteiger partial charge in [0.25, 0.3) is 5.79 Å². The molecule has 0 aliphatic carbocycles. The molecule has 0 bridgehead atoms. The average Bonchev–Trinajstić information content (AvgIpc) is 2.36. The molecule has 1 aromatic rings. The van der Waals surface area contributed by atoms with E-state index < -0.39 is 23.7 Å². The molecule has 0 radical (unpaired) electrons. The van der Waals surface area contributed by atoms with Crippen LogP contribution in [0.15, 0.2) is 36.0 Å². The normalized spacial score (nSPS) is 16.8. The lowest BCUT2D eigenvalue weighted by atomic mass is 10.1. The van der Waals surface area contributed by atoms with Crippen molar-refractivity contribution in [2.24, 2.45) is 0 Å². The Morgan fingerprint density at radius 2 is 1.76 bits per heavy atom. The van der Waals surface area contributed by atoms with E-state index in [1.165, 1.54) is 26.0 Å². The van der Waals surface area contributed by atoms with Crippen LogP contribution in [-0.2, 0) is 19.1 Å². The molecule has 1 aliphatic heterocycles. The molecule has 2 rings (SSSR count). The van der Waals surface area contributed by atoms with Crippen molar-refractivity contribution < 1.29 is 29.0 Å². The zero-order valence-corrected chi connectivity index (χ0v) is 11.4. The summed E-state index contributed by atoms with van der Waals surface area (Å²) in [5, 5.41) is 11.6. The van der Waals surface area contributed by atoms with E-state index in [9.17, 15) is 14.4 Å². The smallest absolute Gasteiger partial charge is 0.350 e. The van der Waals surface area contributed by atoms with Crippen molar-refractivity contribution in [2.45, 2.75) is 19.6 Å². The van der Waals surface area contributed by atoms with Crippen LogP contribution in [0.5, 0.6) is 0 Å². The van der Waals surface area contributed by atoms with Crippen LogP contribution in [0.25, 0.3) is 0 Å². The molecular formula is C14H13NO6. The summed E-state index contributed by atoms with van der Waals surface area (Å²) >= 11 is 0. The second-order valence-electron chi connectivity index (χ2n) is 4.73. The van der Waals surface area contributed by atoms with Gasteiger partial charge in [-0.05, 0) is 12.1 Å². The van der Waals surface area contributed by atoms with Crippen molar-refractivity contribution in [3.63, 3.8) is 0 Å². The maximum Gasteiger partial charge on any atom is 0.350 e. The summed E-state index contributed by atoms with van der Waals surface area (Å²) in [4.78, 5) is 34.5. The summed E-state index contributed by atoms with van der Waals surface area (Å²) < 4.78 is 9.83. The molecule has 7 nitrogen and oxygen atoms in total. The molecule has 1 aliphatic rings. The molecule has 7 heteroatoms. The highest BCUT2D eigenvalue weighted by Crippen LogP contribution is 2.23. The maximum atomic E-state index is 11.7. The van der Waals surface area contributed by atoms with E-state index in [1.807, 2.05) is 0 Å². The zero-order chi connectivity index (χ0) is 15.6. The quantitative estimate of drug-likeness (QED) is 0.494. The molecule has 0 saturated carbocycles. The molecular weight excluding hydrogens is 278 g/mol. The maximum absolute atomic E-state index is 11.7. The van der Waals surface area contributed by atoms with Crippen molar-refractivity contribution in [1.29, 1.82) is 0 Å². The minimum Gasteiger partial charge on any atom is -0.478 e. The van der Waals surface area contributed by atoms with Crippen LogP contribution in [0.1, 0.15) is 24.2 Å². The number of nitrogens with one attached hydrogen (secondary N) is 1. The molecule has 0 amide bonds. The van der Waals surface area contributed by atoms with Gasteiger partial charge in [0.2, 0.25) is 0 Å². The number of carbonyl (C=O) groups is 3. The number of aromatic carboxylic acids is 1. The van der Waals surface area contributed by atoms with Gasteiger partial charge in [-0.3, -0.25) is 0 Å². The van der Waals surface area contributed by atoms with Gasteiger partial charge in [0.1, 0.15) is 0 Å². The van der Waals surface area contributed by atoms with Gasteiger partial charge in [0.05, 0.1) is 11.3 Å². The van der Waals surface area contributed by atoms with Gasteiger partial charge < -0.3 is 19.9 Å². The molecule has 1 aromatic carbocycles. The van der Waals surface area contributed by atoms with E-state index in [4.69, 9.17) is 14.6 Å². The monoisotopic (exact) mass is 291 g/mol. The lowest BCUT2D eigenvalue weighted by Crippen LogP contribution is -2.42. The molecule has 0 unspecified atom stereocenters. The fourth-order valence-electron chi connectivity index (χ4n) is 1.72. The van der Waals surface area contributed by atoms with Crippen LogP contribution < -0.4 is 5.32 Å². The number of carbonyl (C=O) groups excluding carboxylic acids is 2. The van der Waals surface area contributed by atoms with Crippen LogP contribution in [0.3, 0.4) is 0 Å². The number of benzene rings is 1. The number of ether oxygens (including phenoxy) is 2. The number of hydrogen-bond acceptors (Lipinski definition) is 6. The Balaban J connectivity index is 2.24. The Labute approximate surface area is 120 Å². The van der Waals surface area contributed by atoms with Gasteiger partial charge in [0.15, 0.2) is 5.57 Å². The predicted octanol–water partition coefficient (Wildman–Crippen LogP) is 1.52. The minimum absolute atomic E-state index is 0.00669. The second kappa shape index (κ2) is 5.28. The molecule has 1 fully saturated rings. The lowest BCUT2D eigenvalue weighted by Gasteiger charge is -2.29. The number of rotatable bonds is 3. The van der Waals surface area contributed by atoms with Gasteiger partial charge >= 0.3 is 17.9 Å². The van der Waals surface area contributed by atoms with Gasteiger partial charge in [-0.25, -0.2) is 14.4 Å². The number of cyclic esters (lactones) is 2. The fraction of sp³-hybridized carbons (Fsp3) is 0.214. The Bertz CT molecular complexity index is 625. The van der Waals surface area contributed by atoms with E-state index in [2.05, 4.69) is 5.32 Å². The summed E-state index contributed by atoms with van der Waals surface area (Å²) in [5.74, 6) is -4.12. The number of anilines is 1. The van der Waals surface area contributed by atoms with Gasteiger partial charge in [-0.2, -0.15) is 0 Å². The van der Waals surface area contributed by atoms with Crippen molar-refractivity contribution in [1.82, 2.24) is 0 Å². The largest absolute Gasteiger partial charge is 0.478 e. The number of para-hydroxylation sites is 1. The number of carboxylic acids is 1. The van der Waals surface area contributed by atoms with Crippen molar-refractivity contribution in [3.8, 4) is 0 Å². The summed E-state index contributed by atoms with van der Waals surface area (Å²) in [7, 11) is 0. The third-order valence-corrected chi connectivity index (χ3v) is 2.65. The first-order chi connectivity index (χ1) is 9.80. The molecule has 0 atom stereocenters. The van der Waals surface area contributed by atoms with Crippen LogP contribution in [0.4, 0.5) is 5.69 Å². The first-order valence-electron chi connectivity index (χ1n) is 6.06. The Morgan fingerprint density at radius 1 is 1.19 bits per heavy atom. The van der Waals surface area contributed by atoms with Crippen LogP contribution >= 0.6 is 0 Å². The van der Waals surface area contributed by atoms with E-state index >= 15 is 0 Å². The first kappa shape index (κ1) is 14.6. The van der Waals surface area contributed by atoms with Gasteiger partial charge in [-0.15, -0.1) is 0 Å². The third kappa shape index (κ3) is 3.19. The Kier molecular flexibility index (Phi) is 3.66. The average molecular weight is 291 g/mol. The van der Waals surface area contributed by atoms with E-state index in [0.717, 1.165) is 6.20 Å². The number of esters is 2. The molecule has 21 heavy (non-hydrogen) atoms. The van der Waals surface area contributed by atoms with Crippen LogP contribution in [0, 0.1) is 0 Å². The lowest BCUT2D eigenvalue weighted by molar-refractivity contribution is -0.222. The minimum atomic E-state index is -1.32. The summed E-state index contributed by atoms with van der Waals surface area (Å²) in [5.41, 5.74) is -0.0929. The van der Waals surface area contributed by atoms with Gasteiger partial charge in [0, 0.05) is 20.0 Å². The highest BCUT2D eigenvalue weighted by molar-refractivity contribution is 6.15. The van der Waals surface area contributed by atoms with E-state index in [1.54, 1.807) is 12.1 Å². The number of hydrogen-bond donors (Lipinski definition) is 2. The topological polar surface area (TPSA) is 102 Å². The number of carboxylic acid groups (broad SMARTS) is 1.